The molecule has 6 heteroatoms. The molecule has 140 valence electrons. The Hall–Kier alpha value is -2.99. The zero-order valence-electron chi connectivity index (χ0n) is 15.5. The van der Waals surface area contributed by atoms with Crippen LogP contribution in [-0.4, -0.2) is 37.3 Å². The molecule has 2 N–H and O–H groups in total. The van der Waals surface area contributed by atoms with E-state index in [1.165, 1.54) is 31.2 Å². The van der Waals surface area contributed by atoms with E-state index in [0.29, 0.717) is 18.0 Å². The fourth-order valence-corrected chi connectivity index (χ4v) is 4.89. The molecular weight excluding hydrogens is 348 g/mol. The highest BCUT2D eigenvalue weighted by molar-refractivity contribution is 5.91. The van der Waals surface area contributed by atoms with Crippen LogP contribution in [0.1, 0.15) is 37.2 Å². The summed E-state index contributed by atoms with van der Waals surface area (Å²) in [7, 11) is 0. The first-order valence-corrected chi connectivity index (χ1v) is 10.1. The lowest BCUT2D eigenvalue weighted by Gasteiger charge is -2.29. The van der Waals surface area contributed by atoms with E-state index in [1.54, 1.807) is 0 Å². The molecule has 0 radical (unpaired) electrons. The predicted octanol–water partition coefficient (Wildman–Crippen LogP) is 3.81. The Morgan fingerprint density at radius 3 is 2.54 bits per heavy atom. The Balaban J connectivity index is 1.27. The lowest BCUT2D eigenvalue weighted by atomic mass is 9.86. The SMILES string of the molecule is c1ccc2c(-c3cn(-c4ccc(C5CC6CC[C@H](C5)N6)cc4)nn3)n[nH]c2c1. The molecule has 2 unspecified atom stereocenters. The summed E-state index contributed by atoms with van der Waals surface area (Å²) < 4.78 is 1.83. The maximum atomic E-state index is 4.42. The molecule has 2 fully saturated rings. The molecule has 0 saturated carbocycles. The molecule has 2 aromatic heterocycles. The third-order valence-electron chi connectivity index (χ3n) is 6.31. The number of aromatic amines is 1. The van der Waals surface area contributed by atoms with Gasteiger partial charge < -0.3 is 5.32 Å². The zero-order valence-corrected chi connectivity index (χ0v) is 15.5. The summed E-state index contributed by atoms with van der Waals surface area (Å²) in [4.78, 5) is 0. The number of para-hydroxylation sites is 1. The molecule has 0 amide bonds. The van der Waals surface area contributed by atoms with Gasteiger partial charge in [-0.2, -0.15) is 5.10 Å². The van der Waals surface area contributed by atoms with Crippen LogP contribution in [0.5, 0.6) is 0 Å². The summed E-state index contributed by atoms with van der Waals surface area (Å²) in [5.74, 6) is 0.675. The van der Waals surface area contributed by atoms with Crippen LogP contribution in [-0.2, 0) is 0 Å². The minimum absolute atomic E-state index is 0.675. The molecule has 2 aliphatic rings. The highest BCUT2D eigenvalue weighted by Gasteiger charge is 2.33. The first kappa shape index (κ1) is 16.0. The van der Waals surface area contributed by atoms with Crippen LogP contribution < -0.4 is 5.32 Å². The number of fused-ring (bicyclic) bond motifs is 3. The fourth-order valence-electron chi connectivity index (χ4n) is 4.89. The van der Waals surface area contributed by atoms with E-state index < -0.39 is 0 Å². The molecule has 0 aliphatic carbocycles. The van der Waals surface area contributed by atoms with Crippen LogP contribution in [0.3, 0.4) is 0 Å². The number of rotatable bonds is 3. The van der Waals surface area contributed by atoms with Crippen molar-refractivity contribution in [3.05, 3.63) is 60.3 Å². The number of aromatic nitrogens is 5. The van der Waals surface area contributed by atoms with E-state index in [-0.39, 0.29) is 0 Å². The Morgan fingerprint density at radius 2 is 1.71 bits per heavy atom. The third kappa shape index (κ3) is 2.64. The molecule has 0 spiro atoms. The van der Waals surface area contributed by atoms with E-state index in [9.17, 15) is 0 Å². The van der Waals surface area contributed by atoms with Crippen molar-refractivity contribution in [1.29, 1.82) is 0 Å². The lowest BCUT2D eigenvalue weighted by Crippen LogP contribution is -2.37. The topological polar surface area (TPSA) is 71.4 Å². The van der Waals surface area contributed by atoms with Gasteiger partial charge in [-0.25, -0.2) is 4.68 Å². The smallest absolute Gasteiger partial charge is 0.134 e. The van der Waals surface area contributed by atoms with Crippen LogP contribution in [0.25, 0.3) is 28.0 Å². The van der Waals surface area contributed by atoms with Gasteiger partial charge in [0.05, 0.1) is 17.4 Å². The minimum atomic E-state index is 0.675. The molecular formula is C22H22N6. The van der Waals surface area contributed by atoms with E-state index >= 15 is 0 Å². The number of piperidine rings is 1. The molecule has 6 nitrogen and oxygen atoms in total. The number of benzene rings is 2. The first-order chi connectivity index (χ1) is 13.8. The Labute approximate surface area is 163 Å². The van der Waals surface area contributed by atoms with Gasteiger partial charge in [0.1, 0.15) is 11.4 Å². The summed E-state index contributed by atoms with van der Waals surface area (Å²) >= 11 is 0. The molecule has 4 aromatic rings. The summed E-state index contributed by atoms with van der Waals surface area (Å²) in [6.45, 7) is 0. The molecule has 6 rings (SSSR count). The highest BCUT2D eigenvalue weighted by Crippen LogP contribution is 2.37. The van der Waals surface area contributed by atoms with Crippen molar-refractivity contribution in [2.75, 3.05) is 0 Å². The minimum Gasteiger partial charge on any atom is -0.311 e. The number of hydrogen-bond acceptors (Lipinski definition) is 4. The van der Waals surface area contributed by atoms with Crippen molar-refractivity contribution in [3.63, 3.8) is 0 Å². The first-order valence-electron chi connectivity index (χ1n) is 10.1. The van der Waals surface area contributed by atoms with Gasteiger partial charge in [-0.1, -0.05) is 35.5 Å². The maximum Gasteiger partial charge on any atom is 0.134 e. The van der Waals surface area contributed by atoms with Gasteiger partial charge in [0.2, 0.25) is 0 Å². The van der Waals surface area contributed by atoms with Crippen molar-refractivity contribution < 1.29 is 0 Å². The lowest BCUT2D eigenvalue weighted by molar-refractivity contribution is 0.363. The Kier molecular flexibility index (Phi) is 3.59. The van der Waals surface area contributed by atoms with Gasteiger partial charge in [0, 0.05) is 17.5 Å². The van der Waals surface area contributed by atoms with Crippen LogP contribution in [0.4, 0.5) is 0 Å². The number of H-pyrrole nitrogens is 1. The maximum absolute atomic E-state index is 4.42. The summed E-state index contributed by atoms with van der Waals surface area (Å²) in [6.07, 6.45) is 7.14. The van der Waals surface area contributed by atoms with Gasteiger partial charge in [-0.3, -0.25) is 5.10 Å². The Morgan fingerprint density at radius 1 is 0.929 bits per heavy atom. The normalized spacial score (nSPS) is 24.1. The second kappa shape index (κ2) is 6.27. The van der Waals surface area contributed by atoms with Crippen molar-refractivity contribution in [2.24, 2.45) is 0 Å². The quantitative estimate of drug-likeness (QED) is 0.575. The molecule has 28 heavy (non-hydrogen) atoms. The predicted molar refractivity (Wildman–Crippen MR) is 108 cm³/mol. The molecule has 3 atom stereocenters. The fraction of sp³-hybridized carbons (Fsp3) is 0.318. The number of hydrogen-bond donors (Lipinski definition) is 2. The largest absolute Gasteiger partial charge is 0.311 e. The number of nitrogens with one attached hydrogen (secondary N) is 2. The molecule has 2 aromatic carbocycles. The van der Waals surface area contributed by atoms with Crippen molar-refractivity contribution in [2.45, 2.75) is 43.7 Å². The van der Waals surface area contributed by atoms with Crippen LogP contribution in [0.2, 0.25) is 0 Å². The second-order valence-electron chi connectivity index (χ2n) is 8.06. The van der Waals surface area contributed by atoms with Gasteiger partial charge in [-0.15, -0.1) is 5.10 Å². The third-order valence-corrected chi connectivity index (χ3v) is 6.31. The van der Waals surface area contributed by atoms with E-state index in [1.807, 2.05) is 35.1 Å². The molecule has 4 heterocycles. The molecule has 2 aliphatic heterocycles. The van der Waals surface area contributed by atoms with Crippen LogP contribution in [0.15, 0.2) is 54.7 Å². The monoisotopic (exact) mass is 370 g/mol. The van der Waals surface area contributed by atoms with E-state index in [4.69, 9.17) is 0 Å². The van der Waals surface area contributed by atoms with Gasteiger partial charge in [0.15, 0.2) is 0 Å². The van der Waals surface area contributed by atoms with E-state index in [0.717, 1.165) is 28.0 Å². The van der Waals surface area contributed by atoms with Crippen molar-refractivity contribution >= 4 is 10.9 Å². The standard InChI is InChI=1S/C22H22N6/c1-2-4-20-19(3-1)22(26-24-20)21-13-28(27-25-21)18-9-5-14(6-10-18)15-11-16-7-8-17(12-15)23-16/h1-6,9-10,13,15-17,23H,7-8,11-12H2,(H,24,26)/t15?,16-,17?/m1/s1. The van der Waals surface area contributed by atoms with Crippen LogP contribution in [0, 0.1) is 0 Å². The van der Waals surface area contributed by atoms with Gasteiger partial charge in [0.25, 0.3) is 0 Å². The Bertz CT molecular complexity index is 1110. The second-order valence-corrected chi connectivity index (χ2v) is 8.06. The number of nitrogens with zero attached hydrogens (tertiary/aromatic N) is 4. The summed E-state index contributed by atoms with van der Waals surface area (Å²) in [5, 5.41) is 20.9. The average Bonchev–Trinajstić information content (AvgIpc) is 3.46. The van der Waals surface area contributed by atoms with E-state index in [2.05, 4.69) is 50.1 Å². The molecule has 2 bridgehead atoms. The average molecular weight is 370 g/mol. The zero-order chi connectivity index (χ0) is 18.5. The van der Waals surface area contributed by atoms with Crippen molar-refractivity contribution in [3.8, 4) is 17.1 Å². The summed E-state index contributed by atoms with van der Waals surface area (Å²) in [6, 6.07) is 18.3. The summed E-state index contributed by atoms with van der Waals surface area (Å²) in [5.41, 5.74) is 5.09. The van der Waals surface area contributed by atoms with Crippen LogP contribution >= 0.6 is 0 Å². The van der Waals surface area contributed by atoms with Crippen molar-refractivity contribution in [1.82, 2.24) is 30.5 Å². The van der Waals surface area contributed by atoms with Gasteiger partial charge in [-0.05, 0) is 55.4 Å². The highest BCUT2D eigenvalue weighted by atomic mass is 15.4. The molecule has 2 saturated heterocycles. The van der Waals surface area contributed by atoms with Gasteiger partial charge >= 0.3 is 0 Å².